The predicted octanol–water partition coefficient (Wildman–Crippen LogP) is 1.70. The monoisotopic (exact) mass is 327 g/mol. The molecular formula is C18H21N3O3. The lowest BCUT2D eigenvalue weighted by Gasteiger charge is -2.24. The van der Waals surface area contributed by atoms with Gasteiger partial charge in [-0.25, -0.2) is 4.68 Å². The first-order chi connectivity index (χ1) is 11.6. The first-order valence-electron chi connectivity index (χ1n) is 8.05. The number of likely N-dealkylation sites (tertiary alicyclic amines) is 1. The molecule has 6 nitrogen and oxygen atoms in total. The van der Waals surface area contributed by atoms with Crippen LogP contribution in [0.4, 0.5) is 0 Å². The number of carbonyl (C=O) groups excluding carboxylic acids is 1. The summed E-state index contributed by atoms with van der Waals surface area (Å²) in [5.41, 5.74) is 1.96. The third kappa shape index (κ3) is 3.23. The minimum absolute atomic E-state index is 0.0150. The molecule has 126 valence electrons. The molecule has 0 N–H and O–H groups in total. The van der Waals surface area contributed by atoms with E-state index in [0.29, 0.717) is 17.9 Å². The van der Waals surface area contributed by atoms with Crippen LogP contribution in [0.3, 0.4) is 0 Å². The van der Waals surface area contributed by atoms with Crippen molar-refractivity contribution in [1.29, 1.82) is 0 Å². The lowest BCUT2D eigenvalue weighted by atomic mass is 10.1. The highest BCUT2D eigenvalue weighted by Gasteiger charge is 2.29. The summed E-state index contributed by atoms with van der Waals surface area (Å²) in [7, 11) is 3.27. The van der Waals surface area contributed by atoms with Gasteiger partial charge in [0.05, 0.1) is 18.3 Å². The van der Waals surface area contributed by atoms with Crippen LogP contribution in [0.5, 0.6) is 0 Å². The quantitative estimate of drug-likeness (QED) is 0.857. The smallest absolute Gasteiger partial charge is 0.266 e. The molecule has 2 aromatic rings. The maximum atomic E-state index is 12.8. The van der Waals surface area contributed by atoms with Gasteiger partial charge >= 0.3 is 0 Å². The minimum atomic E-state index is -0.162. The van der Waals surface area contributed by atoms with Crippen molar-refractivity contribution in [2.45, 2.75) is 18.9 Å². The summed E-state index contributed by atoms with van der Waals surface area (Å²) in [6.45, 7) is 1.32. The minimum Gasteiger partial charge on any atom is -0.383 e. The highest BCUT2D eigenvalue weighted by atomic mass is 16.5. The molecule has 0 aliphatic carbocycles. The van der Waals surface area contributed by atoms with E-state index in [1.807, 2.05) is 29.2 Å². The summed E-state index contributed by atoms with van der Waals surface area (Å²) >= 11 is 0. The van der Waals surface area contributed by atoms with E-state index in [4.69, 9.17) is 4.74 Å². The molecule has 0 unspecified atom stereocenters. The number of methoxy groups -OCH3 is 1. The van der Waals surface area contributed by atoms with Crippen LogP contribution < -0.4 is 5.56 Å². The zero-order chi connectivity index (χ0) is 17.1. The number of aryl methyl sites for hydroxylation is 1. The third-order valence-corrected chi connectivity index (χ3v) is 4.36. The Balaban J connectivity index is 1.88. The molecule has 0 saturated carbocycles. The van der Waals surface area contributed by atoms with E-state index in [0.717, 1.165) is 24.9 Å². The number of amides is 1. The van der Waals surface area contributed by atoms with Gasteiger partial charge in [0, 0.05) is 37.9 Å². The van der Waals surface area contributed by atoms with Crippen molar-refractivity contribution in [1.82, 2.24) is 14.7 Å². The predicted molar refractivity (Wildman–Crippen MR) is 90.8 cm³/mol. The van der Waals surface area contributed by atoms with E-state index < -0.39 is 0 Å². The summed E-state index contributed by atoms with van der Waals surface area (Å²) < 4.78 is 6.51. The number of benzene rings is 1. The molecule has 1 aromatic heterocycles. The Bertz CT molecular complexity index is 800. The number of hydrogen-bond acceptors (Lipinski definition) is 4. The molecule has 1 aromatic carbocycles. The van der Waals surface area contributed by atoms with Crippen molar-refractivity contribution in [2.75, 3.05) is 20.3 Å². The van der Waals surface area contributed by atoms with Gasteiger partial charge in [0.1, 0.15) is 0 Å². The van der Waals surface area contributed by atoms with Gasteiger partial charge in [-0.05, 0) is 31.0 Å². The normalized spacial score (nSPS) is 17.2. The molecule has 0 bridgehead atoms. The van der Waals surface area contributed by atoms with Gasteiger partial charge < -0.3 is 9.64 Å². The van der Waals surface area contributed by atoms with E-state index in [1.54, 1.807) is 20.2 Å². The molecule has 24 heavy (non-hydrogen) atoms. The van der Waals surface area contributed by atoms with E-state index >= 15 is 0 Å². The molecule has 6 heteroatoms. The molecule has 2 heterocycles. The van der Waals surface area contributed by atoms with Crippen LogP contribution in [0, 0.1) is 0 Å². The Morgan fingerprint density at radius 1 is 1.33 bits per heavy atom. The Kier molecular flexibility index (Phi) is 4.76. The molecule has 3 rings (SSSR count). The SMILES string of the molecule is COC[C@@H]1CCCN1C(=O)c1cccc(-c2ccc(=O)n(C)n2)c1. The lowest BCUT2D eigenvalue weighted by molar-refractivity contribution is 0.0630. The maximum absolute atomic E-state index is 12.8. The maximum Gasteiger partial charge on any atom is 0.266 e. The van der Waals surface area contributed by atoms with Gasteiger partial charge in [0.2, 0.25) is 0 Å². The van der Waals surface area contributed by atoms with Crippen LogP contribution in [-0.2, 0) is 11.8 Å². The molecule has 0 radical (unpaired) electrons. The van der Waals surface area contributed by atoms with Crippen molar-refractivity contribution < 1.29 is 9.53 Å². The highest BCUT2D eigenvalue weighted by Crippen LogP contribution is 2.23. The van der Waals surface area contributed by atoms with Crippen molar-refractivity contribution in [2.24, 2.45) is 7.05 Å². The Labute approximate surface area is 140 Å². The van der Waals surface area contributed by atoms with Crippen LogP contribution in [-0.4, -0.2) is 46.9 Å². The standard InChI is InChI=1S/C18H21N3O3/c1-20-17(22)9-8-16(19-20)13-5-3-6-14(11-13)18(23)21-10-4-7-15(21)12-24-2/h3,5-6,8-9,11,15H,4,7,10,12H2,1-2H3/t15-/m0/s1. The van der Waals surface area contributed by atoms with Gasteiger partial charge in [-0.3, -0.25) is 9.59 Å². The fraction of sp³-hybridized carbons (Fsp3) is 0.389. The van der Waals surface area contributed by atoms with Crippen LogP contribution in [0.1, 0.15) is 23.2 Å². The van der Waals surface area contributed by atoms with Crippen molar-refractivity contribution in [3.8, 4) is 11.3 Å². The van der Waals surface area contributed by atoms with E-state index in [9.17, 15) is 9.59 Å². The zero-order valence-electron chi connectivity index (χ0n) is 13.9. The van der Waals surface area contributed by atoms with Crippen LogP contribution >= 0.6 is 0 Å². The summed E-state index contributed by atoms with van der Waals surface area (Å²) in [4.78, 5) is 26.2. The molecule has 1 amide bonds. The van der Waals surface area contributed by atoms with Crippen LogP contribution in [0.15, 0.2) is 41.2 Å². The number of aromatic nitrogens is 2. The summed E-state index contributed by atoms with van der Waals surface area (Å²) in [5.74, 6) is 0.0150. The molecule has 1 fully saturated rings. The van der Waals surface area contributed by atoms with Crippen molar-refractivity contribution in [3.63, 3.8) is 0 Å². The first kappa shape index (κ1) is 16.4. The Hall–Kier alpha value is -2.47. The van der Waals surface area contributed by atoms with E-state index in [-0.39, 0.29) is 17.5 Å². The Morgan fingerprint density at radius 2 is 2.17 bits per heavy atom. The number of nitrogens with zero attached hydrogens (tertiary/aromatic N) is 3. The Morgan fingerprint density at radius 3 is 2.92 bits per heavy atom. The largest absolute Gasteiger partial charge is 0.383 e. The number of rotatable bonds is 4. The van der Waals surface area contributed by atoms with Crippen molar-refractivity contribution in [3.05, 3.63) is 52.3 Å². The molecule has 1 aliphatic rings. The van der Waals surface area contributed by atoms with Gasteiger partial charge in [-0.2, -0.15) is 5.10 Å². The summed E-state index contributed by atoms with van der Waals surface area (Å²) in [5, 5.41) is 4.24. The summed E-state index contributed by atoms with van der Waals surface area (Å²) in [6, 6.07) is 10.7. The molecule has 0 spiro atoms. The van der Waals surface area contributed by atoms with E-state index in [1.165, 1.54) is 10.7 Å². The topological polar surface area (TPSA) is 64.4 Å². The molecule has 1 aliphatic heterocycles. The number of carbonyl (C=O) groups is 1. The average Bonchev–Trinajstić information content (AvgIpc) is 3.05. The average molecular weight is 327 g/mol. The first-order valence-corrected chi connectivity index (χ1v) is 8.05. The van der Waals surface area contributed by atoms with Gasteiger partial charge in [-0.1, -0.05) is 12.1 Å². The van der Waals surface area contributed by atoms with Gasteiger partial charge in [-0.15, -0.1) is 0 Å². The number of hydrogen-bond donors (Lipinski definition) is 0. The van der Waals surface area contributed by atoms with Crippen molar-refractivity contribution >= 4 is 5.91 Å². The summed E-state index contributed by atoms with van der Waals surface area (Å²) in [6.07, 6.45) is 1.98. The molecule has 1 atom stereocenters. The molecular weight excluding hydrogens is 306 g/mol. The molecule has 1 saturated heterocycles. The van der Waals surface area contributed by atoms with Gasteiger partial charge in [0.15, 0.2) is 0 Å². The zero-order valence-corrected chi connectivity index (χ0v) is 13.9. The second kappa shape index (κ2) is 6.97. The highest BCUT2D eigenvalue weighted by molar-refractivity contribution is 5.95. The number of ether oxygens (including phenoxy) is 1. The second-order valence-corrected chi connectivity index (χ2v) is 6.01. The fourth-order valence-corrected chi connectivity index (χ4v) is 3.10. The van der Waals surface area contributed by atoms with E-state index in [2.05, 4.69) is 5.10 Å². The lowest BCUT2D eigenvalue weighted by Crippen LogP contribution is -2.38. The second-order valence-electron chi connectivity index (χ2n) is 6.01. The fourth-order valence-electron chi connectivity index (χ4n) is 3.10. The van der Waals surface area contributed by atoms with Crippen LogP contribution in [0.25, 0.3) is 11.3 Å². The van der Waals surface area contributed by atoms with Crippen LogP contribution in [0.2, 0.25) is 0 Å². The van der Waals surface area contributed by atoms with Gasteiger partial charge in [0.25, 0.3) is 11.5 Å². The third-order valence-electron chi connectivity index (χ3n) is 4.36.